The summed E-state index contributed by atoms with van der Waals surface area (Å²) >= 11 is 0. The van der Waals surface area contributed by atoms with Gasteiger partial charge in [0, 0.05) is 12.0 Å². The second-order valence-electron chi connectivity index (χ2n) is 3.99. The number of hydrogen-bond donors (Lipinski definition) is 2. The highest BCUT2D eigenvalue weighted by molar-refractivity contribution is 4.80. The van der Waals surface area contributed by atoms with E-state index in [2.05, 4.69) is 13.8 Å². The van der Waals surface area contributed by atoms with E-state index in [0.717, 1.165) is 6.42 Å². The number of rotatable bonds is 6. The Kier molecular flexibility index (Phi) is 5.51. The molecule has 0 heterocycles. The van der Waals surface area contributed by atoms with Gasteiger partial charge in [-0.2, -0.15) is 0 Å². The molecule has 0 saturated carbocycles. The first-order valence-electron chi connectivity index (χ1n) is 4.95. The summed E-state index contributed by atoms with van der Waals surface area (Å²) in [7, 11) is 0. The molecule has 0 fully saturated rings. The molecule has 0 rings (SSSR count). The summed E-state index contributed by atoms with van der Waals surface area (Å²) in [5.74, 6) is 0. The standard InChI is InChI=1S/C10H23NO/c1-4-5-6-7-10(3,8-11)9(2)12/h9,12H,4-8,11H2,1-3H3. The maximum atomic E-state index is 9.49. The van der Waals surface area contributed by atoms with Crippen LogP contribution in [0.15, 0.2) is 0 Å². The summed E-state index contributed by atoms with van der Waals surface area (Å²) in [6.07, 6.45) is 4.38. The zero-order chi connectivity index (χ0) is 9.61. The fourth-order valence-corrected chi connectivity index (χ4v) is 1.26. The minimum atomic E-state index is -0.292. The highest BCUT2D eigenvalue weighted by atomic mass is 16.3. The van der Waals surface area contributed by atoms with Crippen molar-refractivity contribution in [3.05, 3.63) is 0 Å². The smallest absolute Gasteiger partial charge is 0.0577 e. The van der Waals surface area contributed by atoms with Gasteiger partial charge in [0.15, 0.2) is 0 Å². The molecule has 12 heavy (non-hydrogen) atoms. The summed E-state index contributed by atoms with van der Waals surface area (Å²) in [5, 5.41) is 9.49. The van der Waals surface area contributed by atoms with Gasteiger partial charge in [-0.1, -0.05) is 33.1 Å². The maximum absolute atomic E-state index is 9.49. The second kappa shape index (κ2) is 5.55. The summed E-state index contributed by atoms with van der Waals surface area (Å²) in [5.41, 5.74) is 5.56. The number of nitrogens with two attached hydrogens (primary N) is 1. The molecule has 0 aromatic carbocycles. The topological polar surface area (TPSA) is 46.2 Å². The lowest BCUT2D eigenvalue weighted by atomic mass is 9.80. The van der Waals surface area contributed by atoms with E-state index in [-0.39, 0.29) is 11.5 Å². The van der Waals surface area contributed by atoms with E-state index < -0.39 is 0 Å². The molecule has 0 aromatic heterocycles. The van der Waals surface area contributed by atoms with Gasteiger partial charge in [0.05, 0.1) is 6.10 Å². The van der Waals surface area contributed by atoms with Crippen molar-refractivity contribution < 1.29 is 5.11 Å². The number of aliphatic hydroxyl groups excluding tert-OH is 1. The van der Waals surface area contributed by atoms with Crippen molar-refractivity contribution in [1.29, 1.82) is 0 Å². The minimum Gasteiger partial charge on any atom is -0.393 e. The normalized spacial score (nSPS) is 18.8. The molecule has 2 nitrogen and oxygen atoms in total. The van der Waals surface area contributed by atoms with Crippen LogP contribution in [0.4, 0.5) is 0 Å². The molecule has 0 aliphatic carbocycles. The highest BCUT2D eigenvalue weighted by Crippen LogP contribution is 2.27. The lowest BCUT2D eigenvalue weighted by molar-refractivity contribution is 0.0501. The lowest BCUT2D eigenvalue weighted by Crippen LogP contribution is -2.37. The van der Waals surface area contributed by atoms with Gasteiger partial charge in [0.2, 0.25) is 0 Å². The molecular weight excluding hydrogens is 150 g/mol. The third-order valence-corrected chi connectivity index (χ3v) is 2.83. The van der Waals surface area contributed by atoms with E-state index in [1.165, 1.54) is 19.3 Å². The van der Waals surface area contributed by atoms with Crippen molar-refractivity contribution in [3.63, 3.8) is 0 Å². The van der Waals surface area contributed by atoms with Gasteiger partial charge < -0.3 is 10.8 Å². The molecule has 0 aliphatic heterocycles. The van der Waals surface area contributed by atoms with Gasteiger partial charge in [-0.25, -0.2) is 0 Å². The zero-order valence-electron chi connectivity index (χ0n) is 8.64. The Bertz CT molecular complexity index is 114. The van der Waals surface area contributed by atoms with E-state index in [1.807, 2.05) is 6.92 Å². The fraction of sp³-hybridized carbons (Fsp3) is 1.00. The number of hydrogen-bond acceptors (Lipinski definition) is 2. The average Bonchev–Trinajstić information content (AvgIpc) is 2.04. The van der Waals surface area contributed by atoms with Crippen LogP contribution >= 0.6 is 0 Å². The van der Waals surface area contributed by atoms with Gasteiger partial charge in [0.25, 0.3) is 0 Å². The van der Waals surface area contributed by atoms with Gasteiger partial charge in [0.1, 0.15) is 0 Å². The number of unbranched alkanes of at least 4 members (excludes halogenated alkanes) is 2. The van der Waals surface area contributed by atoms with Crippen LogP contribution in [0.1, 0.15) is 46.5 Å². The van der Waals surface area contributed by atoms with E-state index in [0.29, 0.717) is 6.54 Å². The molecule has 74 valence electrons. The first-order chi connectivity index (χ1) is 5.56. The Hall–Kier alpha value is -0.0800. The lowest BCUT2D eigenvalue weighted by Gasteiger charge is -2.31. The molecule has 0 saturated heterocycles. The third kappa shape index (κ3) is 3.55. The van der Waals surface area contributed by atoms with Gasteiger partial charge in [-0.05, 0) is 13.3 Å². The summed E-state index contributed by atoms with van der Waals surface area (Å²) in [6.45, 7) is 6.66. The Morgan fingerprint density at radius 2 is 2.00 bits per heavy atom. The molecule has 3 N–H and O–H groups in total. The van der Waals surface area contributed by atoms with Gasteiger partial charge in [-0.3, -0.25) is 0 Å². The molecule has 0 aliphatic rings. The Morgan fingerprint density at radius 1 is 1.42 bits per heavy atom. The van der Waals surface area contributed by atoms with Crippen LogP contribution in [-0.2, 0) is 0 Å². The summed E-state index contributed by atoms with van der Waals surface area (Å²) in [6, 6.07) is 0. The van der Waals surface area contributed by atoms with Crippen LogP contribution in [0.2, 0.25) is 0 Å². The Balaban J connectivity index is 3.80. The van der Waals surface area contributed by atoms with Gasteiger partial charge in [-0.15, -0.1) is 0 Å². The maximum Gasteiger partial charge on any atom is 0.0577 e. The largest absolute Gasteiger partial charge is 0.393 e. The predicted octanol–water partition coefficient (Wildman–Crippen LogP) is 1.91. The Labute approximate surface area is 76.2 Å². The van der Waals surface area contributed by atoms with Crippen molar-refractivity contribution in [2.24, 2.45) is 11.1 Å². The number of aliphatic hydroxyl groups is 1. The summed E-state index contributed by atoms with van der Waals surface area (Å²) in [4.78, 5) is 0. The fourth-order valence-electron chi connectivity index (χ4n) is 1.26. The quantitative estimate of drug-likeness (QED) is 0.603. The van der Waals surface area contributed by atoms with Crippen molar-refractivity contribution in [2.75, 3.05) is 6.54 Å². The first kappa shape index (κ1) is 11.9. The molecule has 0 bridgehead atoms. The minimum absolute atomic E-state index is 0.0742. The average molecular weight is 173 g/mol. The Morgan fingerprint density at radius 3 is 2.33 bits per heavy atom. The molecule has 0 aromatic rings. The van der Waals surface area contributed by atoms with E-state index in [1.54, 1.807) is 0 Å². The van der Waals surface area contributed by atoms with E-state index in [4.69, 9.17) is 5.73 Å². The molecular formula is C10H23NO. The predicted molar refractivity (Wildman–Crippen MR) is 53.0 cm³/mol. The van der Waals surface area contributed by atoms with Crippen molar-refractivity contribution >= 4 is 0 Å². The van der Waals surface area contributed by atoms with Crippen LogP contribution < -0.4 is 5.73 Å². The molecule has 0 radical (unpaired) electrons. The monoisotopic (exact) mass is 173 g/mol. The first-order valence-corrected chi connectivity index (χ1v) is 4.95. The van der Waals surface area contributed by atoms with Crippen LogP contribution in [0.3, 0.4) is 0 Å². The summed E-state index contributed by atoms with van der Waals surface area (Å²) < 4.78 is 0. The van der Waals surface area contributed by atoms with Crippen LogP contribution in [-0.4, -0.2) is 17.8 Å². The van der Waals surface area contributed by atoms with Crippen LogP contribution in [0.5, 0.6) is 0 Å². The molecule has 2 heteroatoms. The van der Waals surface area contributed by atoms with Crippen LogP contribution in [0.25, 0.3) is 0 Å². The molecule has 0 spiro atoms. The zero-order valence-corrected chi connectivity index (χ0v) is 8.64. The molecule has 2 atom stereocenters. The second-order valence-corrected chi connectivity index (χ2v) is 3.99. The van der Waals surface area contributed by atoms with Crippen molar-refractivity contribution in [1.82, 2.24) is 0 Å². The highest BCUT2D eigenvalue weighted by Gasteiger charge is 2.27. The third-order valence-electron chi connectivity index (χ3n) is 2.83. The van der Waals surface area contributed by atoms with Crippen molar-refractivity contribution in [2.45, 2.75) is 52.6 Å². The van der Waals surface area contributed by atoms with Crippen LogP contribution in [0, 0.1) is 5.41 Å². The molecule has 0 amide bonds. The molecule has 2 unspecified atom stereocenters. The van der Waals surface area contributed by atoms with E-state index in [9.17, 15) is 5.11 Å². The van der Waals surface area contributed by atoms with Crippen molar-refractivity contribution in [3.8, 4) is 0 Å². The van der Waals surface area contributed by atoms with Gasteiger partial charge >= 0.3 is 0 Å². The van der Waals surface area contributed by atoms with E-state index >= 15 is 0 Å². The SMILES string of the molecule is CCCCCC(C)(CN)C(C)O.